The van der Waals surface area contributed by atoms with Gasteiger partial charge in [0, 0.05) is 5.92 Å². The number of hydrogen-bond acceptors (Lipinski definition) is 1. The summed E-state index contributed by atoms with van der Waals surface area (Å²) in [5.74, 6) is 0.499. The Morgan fingerprint density at radius 3 is 2.44 bits per heavy atom. The minimum atomic E-state index is 0.341. The van der Waals surface area contributed by atoms with Crippen LogP contribution in [0.15, 0.2) is 0 Å². The fourth-order valence-corrected chi connectivity index (χ4v) is 1.52. The molecule has 9 heavy (non-hydrogen) atoms. The molecule has 0 spiro atoms. The van der Waals surface area contributed by atoms with Crippen LogP contribution in [-0.2, 0) is 0 Å². The van der Waals surface area contributed by atoms with E-state index < -0.39 is 0 Å². The first-order valence-corrected chi connectivity index (χ1v) is 3.78. The van der Waals surface area contributed by atoms with Gasteiger partial charge in [-0.15, -0.1) is 0 Å². The zero-order valence-electron chi connectivity index (χ0n) is 5.84. The highest BCUT2D eigenvalue weighted by Gasteiger charge is 2.23. The van der Waals surface area contributed by atoms with Gasteiger partial charge in [0.15, 0.2) is 0 Å². The van der Waals surface area contributed by atoms with Crippen molar-refractivity contribution in [3.05, 3.63) is 0 Å². The molecule has 0 aromatic carbocycles. The van der Waals surface area contributed by atoms with Crippen LogP contribution in [0.2, 0.25) is 0 Å². The van der Waals surface area contributed by atoms with Crippen molar-refractivity contribution >= 4 is 0 Å². The van der Waals surface area contributed by atoms with Crippen LogP contribution < -0.4 is 5.73 Å². The van der Waals surface area contributed by atoms with Crippen molar-refractivity contribution in [1.82, 2.24) is 0 Å². The van der Waals surface area contributed by atoms with E-state index in [1.807, 2.05) is 0 Å². The van der Waals surface area contributed by atoms with E-state index in [0.29, 0.717) is 18.6 Å². The van der Waals surface area contributed by atoms with Gasteiger partial charge in [-0.3, -0.25) is 0 Å². The van der Waals surface area contributed by atoms with E-state index >= 15 is 0 Å². The van der Waals surface area contributed by atoms with Gasteiger partial charge < -0.3 is 10.8 Å². The van der Waals surface area contributed by atoms with E-state index in [0.717, 1.165) is 0 Å². The van der Waals surface area contributed by atoms with E-state index in [1.165, 1.54) is 25.7 Å². The first kappa shape index (κ1) is 7.03. The molecule has 4 N–H and O–H groups in total. The fraction of sp³-hybridized carbons (Fsp3) is 1.00. The second kappa shape index (κ2) is 3.18. The average molecular weight is 130 g/mol. The van der Waals surface area contributed by atoms with Crippen LogP contribution >= 0.6 is 0 Å². The highest BCUT2D eigenvalue weighted by Crippen LogP contribution is 2.20. The minimum absolute atomic E-state index is 0.341. The molecule has 0 bridgehead atoms. The number of hydrogen-bond donors (Lipinski definition) is 2. The highest BCUT2D eigenvalue weighted by atomic mass is 16.3. The van der Waals surface area contributed by atoms with Gasteiger partial charge in [-0.25, -0.2) is 0 Å². The van der Waals surface area contributed by atoms with Gasteiger partial charge in [0.1, 0.15) is 0 Å². The number of aliphatic hydroxyl groups excluding tert-OH is 1. The Labute approximate surface area is 56.1 Å². The molecule has 1 fully saturated rings. The molecule has 0 aromatic heterocycles. The smallest absolute Gasteiger partial charge is 0.0894 e. The predicted octanol–water partition coefficient (Wildman–Crippen LogP) is -0.221. The maximum atomic E-state index is 8.82. The third-order valence-electron chi connectivity index (χ3n) is 2.30. The molecule has 0 heterocycles. The molecule has 0 amide bonds. The van der Waals surface area contributed by atoms with Gasteiger partial charge in [0.05, 0.1) is 12.6 Å². The molecule has 0 saturated heterocycles. The third-order valence-corrected chi connectivity index (χ3v) is 2.30. The fourth-order valence-electron chi connectivity index (χ4n) is 1.52. The van der Waals surface area contributed by atoms with Crippen molar-refractivity contribution in [3.8, 4) is 0 Å². The van der Waals surface area contributed by atoms with Crippen LogP contribution in [0.4, 0.5) is 0 Å². The number of aliphatic hydroxyl groups is 1. The molecule has 1 aliphatic rings. The second-order valence-corrected chi connectivity index (χ2v) is 2.99. The molecule has 0 aromatic rings. The minimum Gasteiger partial charge on any atom is -0.396 e. The maximum Gasteiger partial charge on any atom is 0.0894 e. The quantitative estimate of drug-likeness (QED) is 0.506. The Morgan fingerprint density at radius 2 is 2.00 bits per heavy atom. The Morgan fingerprint density at radius 1 is 1.33 bits per heavy atom. The van der Waals surface area contributed by atoms with Gasteiger partial charge >= 0.3 is 0 Å². The molecule has 2 heteroatoms. The van der Waals surface area contributed by atoms with Crippen molar-refractivity contribution in [2.75, 3.05) is 6.61 Å². The molecule has 54 valence electrons. The van der Waals surface area contributed by atoms with E-state index in [9.17, 15) is 0 Å². The molecule has 1 rings (SSSR count). The Balaban J connectivity index is 2.30. The molecule has 0 radical (unpaired) electrons. The molecule has 0 aliphatic heterocycles. The number of quaternary nitrogens is 1. The van der Waals surface area contributed by atoms with Gasteiger partial charge in [-0.1, -0.05) is 6.42 Å². The lowest BCUT2D eigenvalue weighted by molar-refractivity contribution is -0.439. The first-order valence-electron chi connectivity index (χ1n) is 3.78. The summed E-state index contributed by atoms with van der Waals surface area (Å²) in [4.78, 5) is 0. The summed E-state index contributed by atoms with van der Waals surface area (Å²) >= 11 is 0. The highest BCUT2D eigenvalue weighted by molar-refractivity contribution is 4.71. The van der Waals surface area contributed by atoms with Crippen molar-refractivity contribution in [2.24, 2.45) is 5.92 Å². The lowest BCUT2D eigenvalue weighted by Gasteiger charge is -2.23. The summed E-state index contributed by atoms with van der Waals surface area (Å²) in [5, 5.41) is 8.82. The largest absolute Gasteiger partial charge is 0.396 e. The van der Waals surface area contributed by atoms with Gasteiger partial charge in [-0.2, -0.15) is 0 Å². The monoisotopic (exact) mass is 130 g/mol. The molecular weight excluding hydrogens is 114 g/mol. The second-order valence-electron chi connectivity index (χ2n) is 2.99. The van der Waals surface area contributed by atoms with Crippen LogP contribution in [0.1, 0.15) is 25.7 Å². The van der Waals surface area contributed by atoms with Crippen molar-refractivity contribution < 1.29 is 10.8 Å². The zero-order chi connectivity index (χ0) is 6.69. The lowest BCUT2D eigenvalue weighted by atomic mass is 9.86. The Kier molecular flexibility index (Phi) is 2.49. The molecule has 2 nitrogen and oxygen atoms in total. The van der Waals surface area contributed by atoms with Gasteiger partial charge in [0.2, 0.25) is 0 Å². The predicted molar refractivity (Wildman–Crippen MR) is 35.7 cm³/mol. The van der Waals surface area contributed by atoms with Crippen molar-refractivity contribution in [3.63, 3.8) is 0 Å². The van der Waals surface area contributed by atoms with E-state index in [-0.39, 0.29) is 0 Å². The maximum absolute atomic E-state index is 8.82. The SMILES string of the molecule is [NH3+][C@@H]1CCCC[C@H]1CO. The van der Waals surface area contributed by atoms with Gasteiger partial charge in [-0.05, 0) is 19.3 Å². The lowest BCUT2D eigenvalue weighted by Crippen LogP contribution is -2.65. The van der Waals surface area contributed by atoms with Crippen LogP contribution in [0.25, 0.3) is 0 Å². The third kappa shape index (κ3) is 1.66. The van der Waals surface area contributed by atoms with Crippen LogP contribution in [0.3, 0.4) is 0 Å². The summed E-state index contributed by atoms with van der Waals surface area (Å²) < 4.78 is 0. The van der Waals surface area contributed by atoms with Crippen molar-refractivity contribution in [2.45, 2.75) is 31.7 Å². The molecule has 1 saturated carbocycles. The first-order chi connectivity index (χ1) is 4.34. The zero-order valence-corrected chi connectivity index (χ0v) is 5.84. The Hall–Kier alpha value is -0.0800. The molecule has 0 unspecified atom stereocenters. The van der Waals surface area contributed by atoms with E-state index in [1.54, 1.807) is 0 Å². The van der Waals surface area contributed by atoms with Crippen LogP contribution in [0.5, 0.6) is 0 Å². The normalized spacial score (nSPS) is 36.7. The summed E-state index contributed by atoms with van der Waals surface area (Å²) in [6.45, 7) is 0.341. The van der Waals surface area contributed by atoms with Gasteiger partial charge in [0.25, 0.3) is 0 Å². The summed E-state index contributed by atoms with van der Waals surface area (Å²) in [6.07, 6.45) is 5.00. The number of rotatable bonds is 1. The standard InChI is InChI=1S/C7H15NO/c8-7-4-2-1-3-6(7)5-9/h6-7,9H,1-5,8H2/p+1/t6-,7+/m0/s1. The summed E-state index contributed by atoms with van der Waals surface area (Å²) in [7, 11) is 0. The topological polar surface area (TPSA) is 47.9 Å². The van der Waals surface area contributed by atoms with Crippen molar-refractivity contribution in [1.29, 1.82) is 0 Å². The Bertz CT molecular complexity index is 85.0. The molecular formula is C7H16NO+. The summed E-state index contributed by atoms with van der Waals surface area (Å²) in [5.41, 5.74) is 3.99. The van der Waals surface area contributed by atoms with E-state index in [2.05, 4.69) is 5.73 Å². The molecule has 1 aliphatic carbocycles. The average Bonchev–Trinajstić information content (AvgIpc) is 1.89. The van der Waals surface area contributed by atoms with Crippen LogP contribution in [0, 0.1) is 5.92 Å². The molecule has 2 atom stereocenters. The summed E-state index contributed by atoms with van der Waals surface area (Å²) in [6, 6.07) is 0.517. The van der Waals surface area contributed by atoms with E-state index in [4.69, 9.17) is 5.11 Å². The van der Waals surface area contributed by atoms with Crippen LogP contribution in [-0.4, -0.2) is 17.8 Å².